The SMILES string of the molecule is CC(C)(C)c1ccccc1NC(=O)c1nc(Cl)ccc1Cl. The fraction of sp³-hybridized carbons (Fsp3) is 0.250. The third-order valence-electron chi connectivity index (χ3n) is 3.01. The first kappa shape index (κ1) is 15.8. The summed E-state index contributed by atoms with van der Waals surface area (Å²) in [6, 6.07) is 10.8. The van der Waals surface area contributed by atoms with Crippen molar-refractivity contribution in [3.8, 4) is 0 Å². The number of pyridine rings is 1. The first-order valence-corrected chi connectivity index (χ1v) is 7.27. The number of nitrogens with one attached hydrogen (secondary N) is 1. The highest BCUT2D eigenvalue weighted by Gasteiger charge is 2.20. The number of nitrogens with zero attached hydrogens (tertiary/aromatic N) is 1. The predicted octanol–water partition coefficient (Wildman–Crippen LogP) is 4.94. The van der Waals surface area contributed by atoms with Crippen molar-refractivity contribution in [3.05, 3.63) is 57.8 Å². The number of para-hydroxylation sites is 1. The summed E-state index contributed by atoms with van der Waals surface area (Å²) in [5.74, 6) is -0.376. The van der Waals surface area contributed by atoms with Crippen molar-refractivity contribution < 1.29 is 4.79 Å². The number of carbonyl (C=O) groups is 1. The first-order chi connectivity index (χ1) is 9.79. The Bertz CT molecular complexity index is 678. The largest absolute Gasteiger partial charge is 0.320 e. The highest BCUT2D eigenvalue weighted by Crippen LogP contribution is 2.29. The second kappa shape index (κ2) is 6.04. The van der Waals surface area contributed by atoms with Gasteiger partial charge in [-0.05, 0) is 29.2 Å². The minimum atomic E-state index is -0.376. The minimum absolute atomic E-state index is 0.0879. The monoisotopic (exact) mass is 322 g/mol. The molecule has 0 saturated heterocycles. The van der Waals surface area contributed by atoms with Gasteiger partial charge in [0.2, 0.25) is 0 Å². The molecule has 0 saturated carbocycles. The normalized spacial score (nSPS) is 11.3. The molecule has 1 amide bonds. The zero-order valence-electron chi connectivity index (χ0n) is 12.1. The molecule has 1 heterocycles. The van der Waals surface area contributed by atoms with E-state index in [-0.39, 0.29) is 27.2 Å². The molecule has 21 heavy (non-hydrogen) atoms. The highest BCUT2D eigenvalue weighted by atomic mass is 35.5. The number of aromatic nitrogens is 1. The van der Waals surface area contributed by atoms with Crippen LogP contribution < -0.4 is 5.32 Å². The van der Waals surface area contributed by atoms with Crippen LogP contribution in [0.2, 0.25) is 10.2 Å². The van der Waals surface area contributed by atoms with Gasteiger partial charge in [-0.3, -0.25) is 4.79 Å². The third kappa shape index (κ3) is 3.74. The van der Waals surface area contributed by atoms with Gasteiger partial charge >= 0.3 is 0 Å². The van der Waals surface area contributed by atoms with Crippen molar-refractivity contribution >= 4 is 34.8 Å². The molecule has 3 nitrogen and oxygen atoms in total. The fourth-order valence-corrected chi connectivity index (χ4v) is 2.34. The van der Waals surface area contributed by atoms with Gasteiger partial charge < -0.3 is 5.32 Å². The molecular formula is C16H16Cl2N2O. The summed E-state index contributed by atoms with van der Waals surface area (Å²) in [5.41, 5.74) is 1.81. The number of carbonyl (C=O) groups excluding carboxylic acids is 1. The maximum Gasteiger partial charge on any atom is 0.275 e. The van der Waals surface area contributed by atoms with E-state index in [2.05, 4.69) is 31.1 Å². The molecule has 0 radical (unpaired) electrons. The molecule has 0 unspecified atom stereocenters. The summed E-state index contributed by atoms with van der Waals surface area (Å²) in [6.07, 6.45) is 0. The summed E-state index contributed by atoms with van der Waals surface area (Å²) in [7, 11) is 0. The number of hydrogen-bond donors (Lipinski definition) is 1. The van der Waals surface area contributed by atoms with Crippen LogP contribution in [0.15, 0.2) is 36.4 Å². The smallest absolute Gasteiger partial charge is 0.275 e. The van der Waals surface area contributed by atoms with E-state index in [1.807, 2.05) is 24.3 Å². The van der Waals surface area contributed by atoms with Gasteiger partial charge in [0.15, 0.2) is 0 Å². The van der Waals surface area contributed by atoms with Crippen LogP contribution in [0.3, 0.4) is 0 Å². The number of anilines is 1. The Balaban J connectivity index is 2.35. The lowest BCUT2D eigenvalue weighted by Gasteiger charge is -2.23. The molecule has 0 spiro atoms. The van der Waals surface area contributed by atoms with Gasteiger partial charge in [0, 0.05) is 5.69 Å². The Labute approximate surface area is 134 Å². The topological polar surface area (TPSA) is 42.0 Å². The average Bonchev–Trinajstić information content (AvgIpc) is 2.41. The summed E-state index contributed by atoms with van der Waals surface area (Å²) < 4.78 is 0. The lowest BCUT2D eigenvalue weighted by molar-refractivity contribution is 0.102. The minimum Gasteiger partial charge on any atom is -0.320 e. The van der Waals surface area contributed by atoms with Crippen molar-refractivity contribution in [3.63, 3.8) is 0 Å². The second-order valence-electron chi connectivity index (χ2n) is 5.71. The molecule has 2 rings (SSSR count). The maximum absolute atomic E-state index is 12.3. The van der Waals surface area contributed by atoms with Gasteiger partial charge in [-0.2, -0.15) is 0 Å². The maximum atomic E-state index is 12.3. The molecule has 0 aliphatic rings. The Morgan fingerprint density at radius 2 is 1.76 bits per heavy atom. The molecule has 0 aliphatic carbocycles. The molecule has 0 fully saturated rings. The molecule has 5 heteroatoms. The van der Waals surface area contributed by atoms with Gasteiger partial charge in [-0.15, -0.1) is 0 Å². The Kier molecular flexibility index (Phi) is 4.55. The zero-order valence-corrected chi connectivity index (χ0v) is 13.6. The van der Waals surface area contributed by atoms with E-state index in [1.165, 1.54) is 0 Å². The zero-order chi connectivity index (χ0) is 15.6. The van der Waals surface area contributed by atoms with Crippen LogP contribution in [-0.4, -0.2) is 10.9 Å². The van der Waals surface area contributed by atoms with Gasteiger partial charge in [0.25, 0.3) is 5.91 Å². The van der Waals surface area contributed by atoms with Crippen LogP contribution >= 0.6 is 23.2 Å². The highest BCUT2D eigenvalue weighted by molar-refractivity contribution is 6.35. The molecule has 0 atom stereocenters. The summed E-state index contributed by atoms with van der Waals surface area (Å²) in [5, 5.41) is 3.36. The van der Waals surface area contributed by atoms with E-state index >= 15 is 0 Å². The second-order valence-corrected chi connectivity index (χ2v) is 6.51. The summed E-state index contributed by atoms with van der Waals surface area (Å²) in [6.45, 7) is 6.26. The van der Waals surface area contributed by atoms with Gasteiger partial charge in [-0.25, -0.2) is 4.98 Å². The number of benzene rings is 1. The third-order valence-corrected chi connectivity index (χ3v) is 3.53. The van der Waals surface area contributed by atoms with Gasteiger partial charge in [0.05, 0.1) is 5.02 Å². The Morgan fingerprint density at radius 3 is 2.43 bits per heavy atom. The molecule has 0 aliphatic heterocycles. The van der Waals surface area contributed by atoms with E-state index in [9.17, 15) is 4.79 Å². The molecule has 1 aromatic heterocycles. The Morgan fingerprint density at radius 1 is 1.10 bits per heavy atom. The number of amides is 1. The van der Waals surface area contributed by atoms with Crippen molar-refractivity contribution in [1.82, 2.24) is 4.98 Å². The van der Waals surface area contributed by atoms with Gasteiger partial charge in [0.1, 0.15) is 10.8 Å². The first-order valence-electron chi connectivity index (χ1n) is 6.52. The van der Waals surface area contributed by atoms with Crippen LogP contribution in [0.25, 0.3) is 0 Å². The fourth-order valence-electron chi connectivity index (χ4n) is 2.01. The van der Waals surface area contributed by atoms with E-state index in [4.69, 9.17) is 23.2 Å². The van der Waals surface area contributed by atoms with Crippen LogP contribution in [-0.2, 0) is 5.41 Å². The van der Waals surface area contributed by atoms with Crippen molar-refractivity contribution in [1.29, 1.82) is 0 Å². The lowest BCUT2D eigenvalue weighted by atomic mass is 9.86. The van der Waals surface area contributed by atoms with E-state index in [0.29, 0.717) is 0 Å². The molecule has 2 aromatic rings. The van der Waals surface area contributed by atoms with Crippen LogP contribution in [0.4, 0.5) is 5.69 Å². The van der Waals surface area contributed by atoms with Gasteiger partial charge in [-0.1, -0.05) is 62.2 Å². The average molecular weight is 323 g/mol. The standard InChI is InChI=1S/C16H16Cl2N2O/c1-16(2,3)10-6-4-5-7-12(10)19-15(21)14-11(17)8-9-13(18)20-14/h4-9H,1-3H3,(H,19,21). The molecular weight excluding hydrogens is 307 g/mol. The van der Waals surface area contributed by atoms with Crippen molar-refractivity contribution in [2.75, 3.05) is 5.32 Å². The van der Waals surface area contributed by atoms with Crippen molar-refractivity contribution in [2.24, 2.45) is 0 Å². The van der Waals surface area contributed by atoms with E-state index in [0.717, 1.165) is 11.3 Å². The lowest BCUT2D eigenvalue weighted by Crippen LogP contribution is -2.19. The van der Waals surface area contributed by atoms with Crippen molar-refractivity contribution in [2.45, 2.75) is 26.2 Å². The van der Waals surface area contributed by atoms with E-state index < -0.39 is 0 Å². The van der Waals surface area contributed by atoms with Crippen LogP contribution in [0.5, 0.6) is 0 Å². The van der Waals surface area contributed by atoms with Crippen LogP contribution in [0, 0.1) is 0 Å². The van der Waals surface area contributed by atoms with Crippen LogP contribution in [0.1, 0.15) is 36.8 Å². The molecule has 1 aromatic carbocycles. The predicted molar refractivity (Wildman–Crippen MR) is 87.4 cm³/mol. The molecule has 1 N–H and O–H groups in total. The number of rotatable bonds is 2. The summed E-state index contributed by atoms with van der Waals surface area (Å²) >= 11 is 11.8. The summed E-state index contributed by atoms with van der Waals surface area (Å²) in [4.78, 5) is 16.3. The van der Waals surface area contributed by atoms with E-state index in [1.54, 1.807) is 12.1 Å². The molecule has 110 valence electrons. The quantitative estimate of drug-likeness (QED) is 0.796. The number of halogens is 2. The molecule has 0 bridgehead atoms. The Hall–Kier alpha value is -1.58. The number of hydrogen-bond acceptors (Lipinski definition) is 2.